The number of rotatable bonds is 5. The third kappa shape index (κ3) is 3.69. The van der Waals surface area contributed by atoms with Gasteiger partial charge in [0.25, 0.3) is 5.91 Å². The first kappa shape index (κ1) is 14.5. The van der Waals surface area contributed by atoms with Crippen molar-refractivity contribution in [3.63, 3.8) is 0 Å². The summed E-state index contributed by atoms with van der Waals surface area (Å²) in [6, 6.07) is 7.67. The van der Waals surface area contributed by atoms with Crippen LogP contribution in [0.25, 0.3) is 0 Å². The van der Waals surface area contributed by atoms with Crippen LogP contribution < -0.4 is 5.32 Å². The van der Waals surface area contributed by atoms with Crippen LogP contribution in [-0.2, 0) is 0 Å². The average Bonchev–Trinajstić information content (AvgIpc) is 2.37. The van der Waals surface area contributed by atoms with E-state index < -0.39 is 0 Å². The molecule has 2 nitrogen and oxygen atoms in total. The molecule has 1 rings (SSSR count). The Morgan fingerprint density at radius 2 is 1.59 bits per heavy atom. The SMILES string of the molecule is CCC(CC)(CC)NC(=O)c1ccc(I)cc1. The maximum atomic E-state index is 12.1. The molecular weight excluding hydrogens is 325 g/mol. The van der Waals surface area contributed by atoms with Crippen LogP contribution in [0, 0.1) is 3.57 Å². The van der Waals surface area contributed by atoms with Gasteiger partial charge in [0.05, 0.1) is 0 Å². The predicted molar refractivity (Wildman–Crippen MR) is 80.2 cm³/mol. The van der Waals surface area contributed by atoms with Crippen molar-refractivity contribution in [2.24, 2.45) is 0 Å². The lowest BCUT2D eigenvalue weighted by molar-refractivity contribution is 0.0888. The Kier molecular flexibility index (Phi) is 5.43. The minimum atomic E-state index is -0.0555. The maximum absolute atomic E-state index is 12.1. The largest absolute Gasteiger partial charge is 0.347 e. The molecule has 3 heteroatoms. The van der Waals surface area contributed by atoms with Crippen LogP contribution in [0.4, 0.5) is 0 Å². The standard InChI is InChI=1S/C14H20INO/c1-4-14(5-2,6-3)16-13(17)11-7-9-12(15)10-8-11/h7-10H,4-6H2,1-3H3,(H,16,17). The summed E-state index contributed by atoms with van der Waals surface area (Å²) in [6.07, 6.45) is 2.91. The Labute approximate surface area is 117 Å². The molecule has 94 valence electrons. The summed E-state index contributed by atoms with van der Waals surface area (Å²) in [6.45, 7) is 6.38. The fraction of sp³-hybridized carbons (Fsp3) is 0.500. The third-order valence-electron chi connectivity index (χ3n) is 3.52. The topological polar surface area (TPSA) is 29.1 Å². The summed E-state index contributed by atoms with van der Waals surface area (Å²) in [7, 11) is 0. The van der Waals surface area contributed by atoms with Crippen molar-refractivity contribution in [2.75, 3.05) is 0 Å². The zero-order valence-electron chi connectivity index (χ0n) is 10.7. The second-order valence-electron chi connectivity index (χ2n) is 4.30. The first-order valence-electron chi connectivity index (χ1n) is 6.15. The molecule has 0 radical (unpaired) electrons. The highest BCUT2D eigenvalue weighted by Crippen LogP contribution is 2.20. The van der Waals surface area contributed by atoms with Crippen molar-refractivity contribution < 1.29 is 4.79 Å². The number of carbonyl (C=O) groups excluding carboxylic acids is 1. The van der Waals surface area contributed by atoms with E-state index in [9.17, 15) is 4.79 Å². The molecule has 0 aliphatic heterocycles. The van der Waals surface area contributed by atoms with Crippen LogP contribution in [0.1, 0.15) is 50.4 Å². The highest BCUT2D eigenvalue weighted by molar-refractivity contribution is 14.1. The van der Waals surface area contributed by atoms with Crippen LogP contribution in [-0.4, -0.2) is 11.4 Å². The zero-order chi connectivity index (χ0) is 12.9. The molecule has 0 saturated carbocycles. The normalized spacial score (nSPS) is 11.3. The van der Waals surface area contributed by atoms with E-state index in [0.29, 0.717) is 0 Å². The number of hydrogen-bond donors (Lipinski definition) is 1. The predicted octanol–water partition coefficient (Wildman–Crippen LogP) is 3.99. The second kappa shape index (κ2) is 6.38. The van der Waals surface area contributed by atoms with Crippen LogP contribution in [0.15, 0.2) is 24.3 Å². The molecular formula is C14H20INO. The lowest BCUT2D eigenvalue weighted by atomic mass is 9.89. The Balaban J connectivity index is 2.81. The molecule has 0 aromatic heterocycles. The first-order chi connectivity index (χ1) is 8.06. The van der Waals surface area contributed by atoms with Gasteiger partial charge in [-0.3, -0.25) is 4.79 Å². The smallest absolute Gasteiger partial charge is 0.251 e. The minimum absolute atomic E-state index is 0.0342. The Morgan fingerprint density at radius 1 is 1.12 bits per heavy atom. The molecule has 1 aromatic carbocycles. The molecule has 1 N–H and O–H groups in total. The summed E-state index contributed by atoms with van der Waals surface area (Å²) >= 11 is 2.24. The molecule has 1 aromatic rings. The van der Waals surface area contributed by atoms with Crippen LogP contribution in [0.5, 0.6) is 0 Å². The Morgan fingerprint density at radius 3 is 2.00 bits per heavy atom. The Bertz CT molecular complexity index is 360. The van der Waals surface area contributed by atoms with Crippen molar-refractivity contribution >= 4 is 28.5 Å². The lowest BCUT2D eigenvalue weighted by Gasteiger charge is -2.31. The molecule has 0 fully saturated rings. The van der Waals surface area contributed by atoms with Crippen molar-refractivity contribution in [3.05, 3.63) is 33.4 Å². The van der Waals surface area contributed by atoms with E-state index in [1.807, 2.05) is 24.3 Å². The van der Waals surface area contributed by atoms with Gasteiger partial charge >= 0.3 is 0 Å². The molecule has 0 bridgehead atoms. The summed E-state index contributed by atoms with van der Waals surface area (Å²) in [4.78, 5) is 12.1. The quantitative estimate of drug-likeness (QED) is 0.804. The first-order valence-corrected chi connectivity index (χ1v) is 7.23. The van der Waals surface area contributed by atoms with Crippen LogP contribution in [0.3, 0.4) is 0 Å². The van der Waals surface area contributed by atoms with Gasteiger partial charge < -0.3 is 5.32 Å². The number of benzene rings is 1. The minimum Gasteiger partial charge on any atom is -0.347 e. The summed E-state index contributed by atoms with van der Waals surface area (Å²) in [5.41, 5.74) is 0.685. The highest BCUT2D eigenvalue weighted by atomic mass is 127. The van der Waals surface area contributed by atoms with Crippen molar-refractivity contribution in [3.8, 4) is 0 Å². The van der Waals surface area contributed by atoms with Gasteiger partial charge in [0.15, 0.2) is 0 Å². The van der Waals surface area contributed by atoms with E-state index in [2.05, 4.69) is 48.7 Å². The fourth-order valence-electron chi connectivity index (χ4n) is 1.93. The molecule has 0 saturated heterocycles. The van der Waals surface area contributed by atoms with Crippen LogP contribution >= 0.6 is 22.6 Å². The fourth-order valence-corrected chi connectivity index (χ4v) is 2.29. The van der Waals surface area contributed by atoms with E-state index in [4.69, 9.17) is 0 Å². The maximum Gasteiger partial charge on any atom is 0.251 e. The average molecular weight is 345 g/mol. The molecule has 0 aliphatic carbocycles. The molecule has 0 heterocycles. The van der Waals surface area contributed by atoms with Crippen molar-refractivity contribution in [1.82, 2.24) is 5.32 Å². The highest BCUT2D eigenvalue weighted by Gasteiger charge is 2.26. The van der Waals surface area contributed by atoms with E-state index in [0.717, 1.165) is 28.4 Å². The van der Waals surface area contributed by atoms with Gasteiger partial charge in [-0.2, -0.15) is 0 Å². The van der Waals surface area contributed by atoms with Gasteiger partial charge in [-0.15, -0.1) is 0 Å². The number of hydrogen-bond acceptors (Lipinski definition) is 1. The number of amides is 1. The van der Waals surface area contributed by atoms with E-state index in [-0.39, 0.29) is 11.4 Å². The van der Waals surface area contributed by atoms with Crippen LogP contribution in [0.2, 0.25) is 0 Å². The summed E-state index contributed by atoms with van der Waals surface area (Å²) in [5.74, 6) is 0.0342. The molecule has 17 heavy (non-hydrogen) atoms. The van der Waals surface area contributed by atoms with Gasteiger partial charge in [-0.1, -0.05) is 20.8 Å². The van der Waals surface area contributed by atoms with Crippen molar-refractivity contribution in [2.45, 2.75) is 45.6 Å². The summed E-state index contributed by atoms with van der Waals surface area (Å²) in [5, 5.41) is 3.17. The van der Waals surface area contributed by atoms with Crippen molar-refractivity contribution in [1.29, 1.82) is 0 Å². The lowest BCUT2D eigenvalue weighted by Crippen LogP contribution is -2.47. The molecule has 0 unspecified atom stereocenters. The van der Waals surface area contributed by atoms with Gasteiger partial charge in [0.2, 0.25) is 0 Å². The third-order valence-corrected chi connectivity index (χ3v) is 4.23. The van der Waals surface area contributed by atoms with Gasteiger partial charge in [0, 0.05) is 14.7 Å². The zero-order valence-corrected chi connectivity index (χ0v) is 12.9. The molecule has 1 amide bonds. The van der Waals surface area contributed by atoms with Gasteiger partial charge in [-0.25, -0.2) is 0 Å². The number of halogens is 1. The van der Waals surface area contributed by atoms with E-state index >= 15 is 0 Å². The number of carbonyl (C=O) groups is 1. The number of nitrogens with one attached hydrogen (secondary N) is 1. The Hall–Kier alpha value is -0.580. The van der Waals surface area contributed by atoms with E-state index in [1.54, 1.807) is 0 Å². The molecule has 0 atom stereocenters. The molecule has 0 spiro atoms. The second-order valence-corrected chi connectivity index (χ2v) is 5.55. The van der Waals surface area contributed by atoms with Gasteiger partial charge in [-0.05, 0) is 66.1 Å². The monoisotopic (exact) mass is 345 g/mol. The molecule has 0 aliphatic rings. The van der Waals surface area contributed by atoms with E-state index in [1.165, 1.54) is 0 Å². The summed E-state index contributed by atoms with van der Waals surface area (Å²) < 4.78 is 1.15. The van der Waals surface area contributed by atoms with Gasteiger partial charge in [0.1, 0.15) is 0 Å².